The number of amides is 2. The smallest absolute Gasteiger partial charge is 0.333 e. The lowest BCUT2D eigenvalue weighted by Crippen LogP contribution is -2.33. The van der Waals surface area contributed by atoms with Gasteiger partial charge in [-0.2, -0.15) is 0 Å². The molecule has 1 aliphatic heterocycles. The van der Waals surface area contributed by atoms with Crippen LogP contribution in [-0.2, 0) is 28.8 Å². The molecule has 7 heteroatoms. The van der Waals surface area contributed by atoms with Crippen molar-refractivity contribution >= 4 is 23.8 Å². The molecule has 0 aromatic carbocycles. The zero-order valence-electron chi connectivity index (χ0n) is 12.0. The van der Waals surface area contributed by atoms with Gasteiger partial charge in [0, 0.05) is 24.8 Å². The fourth-order valence-electron chi connectivity index (χ4n) is 1.78. The fourth-order valence-corrected chi connectivity index (χ4v) is 1.78. The van der Waals surface area contributed by atoms with Crippen LogP contribution in [0.1, 0.15) is 39.0 Å². The zero-order chi connectivity index (χ0) is 15.8. The third kappa shape index (κ3) is 5.37. The first-order valence-electron chi connectivity index (χ1n) is 6.82. The molecule has 0 radical (unpaired) electrons. The molecule has 1 heterocycles. The first-order valence-corrected chi connectivity index (χ1v) is 6.82. The molecule has 1 aliphatic rings. The van der Waals surface area contributed by atoms with Gasteiger partial charge in [-0.3, -0.25) is 9.59 Å². The van der Waals surface area contributed by atoms with Gasteiger partial charge in [-0.05, 0) is 19.3 Å². The Morgan fingerprint density at radius 3 is 2.62 bits per heavy atom. The van der Waals surface area contributed by atoms with Crippen LogP contribution in [0, 0.1) is 5.92 Å². The van der Waals surface area contributed by atoms with Crippen LogP contribution < -0.4 is 0 Å². The fraction of sp³-hybridized carbons (Fsp3) is 0.571. The number of carbonyl (C=O) groups is 4. The average molecular weight is 297 g/mol. The second-order valence-corrected chi connectivity index (χ2v) is 4.78. The molecule has 1 fully saturated rings. The lowest BCUT2D eigenvalue weighted by molar-refractivity contribution is -0.198. The van der Waals surface area contributed by atoms with Crippen LogP contribution in [0.25, 0.3) is 0 Å². The Bertz CT molecular complexity index is 445. The van der Waals surface area contributed by atoms with Crippen LogP contribution in [0.15, 0.2) is 12.7 Å². The minimum Gasteiger partial charge on any atom is -0.463 e. The second kappa shape index (κ2) is 8.18. The van der Waals surface area contributed by atoms with Crippen molar-refractivity contribution in [3.8, 4) is 0 Å². The molecular formula is C14H19NO6. The van der Waals surface area contributed by atoms with Crippen molar-refractivity contribution in [3.63, 3.8) is 0 Å². The maximum atomic E-state index is 11.5. The summed E-state index contributed by atoms with van der Waals surface area (Å²) < 4.78 is 4.78. The Kier molecular flexibility index (Phi) is 6.58. The van der Waals surface area contributed by atoms with Gasteiger partial charge in [-0.1, -0.05) is 13.5 Å². The number of hydrogen-bond acceptors (Lipinski definition) is 6. The zero-order valence-corrected chi connectivity index (χ0v) is 12.0. The predicted octanol–water partition coefficient (Wildman–Crippen LogP) is 1.13. The van der Waals surface area contributed by atoms with E-state index < -0.39 is 29.7 Å². The first kappa shape index (κ1) is 16.9. The number of ether oxygens (including phenoxy) is 1. The summed E-state index contributed by atoms with van der Waals surface area (Å²) in [4.78, 5) is 50.0. The van der Waals surface area contributed by atoms with E-state index in [1.165, 1.54) is 0 Å². The Morgan fingerprint density at radius 2 is 2.05 bits per heavy atom. The molecule has 0 aromatic rings. The number of hydrogen-bond donors (Lipinski definition) is 0. The Balaban J connectivity index is 2.14. The number of imide groups is 1. The van der Waals surface area contributed by atoms with E-state index in [1.54, 1.807) is 6.92 Å². The lowest BCUT2D eigenvalue weighted by Gasteiger charge is -2.12. The predicted molar refractivity (Wildman–Crippen MR) is 71.4 cm³/mol. The number of esters is 1. The Hall–Kier alpha value is -2.18. The van der Waals surface area contributed by atoms with Gasteiger partial charge < -0.3 is 9.57 Å². The number of hydroxylamine groups is 2. The number of carbonyl (C=O) groups excluding carboxylic acids is 4. The van der Waals surface area contributed by atoms with Crippen LogP contribution in [0.5, 0.6) is 0 Å². The molecule has 1 unspecified atom stereocenters. The van der Waals surface area contributed by atoms with E-state index >= 15 is 0 Å². The number of unbranched alkanes of at least 4 members (excludes halogenated alkanes) is 2. The van der Waals surface area contributed by atoms with Crippen LogP contribution in [0.3, 0.4) is 0 Å². The van der Waals surface area contributed by atoms with Crippen LogP contribution >= 0.6 is 0 Å². The SMILES string of the molecule is C=CC(=O)OCCCCCC(=O)ON1C(=O)CC(C)C1=O. The third-order valence-electron chi connectivity index (χ3n) is 2.96. The van der Waals surface area contributed by atoms with Crippen molar-refractivity contribution in [2.75, 3.05) is 6.61 Å². The molecule has 0 N–H and O–H groups in total. The Labute approximate surface area is 122 Å². The Morgan fingerprint density at radius 1 is 1.33 bits per heavy atom. The largest absolute Gasteiger partial charge is 0.463 e. The second-order valence-electron chi connectivity index (χ2n) is 4.78. The van der Waals surface area contributed by atoms with E-state index in [0.29, 0.717) is 24.3 Å². The normalized spacial score (nSPS) is 17.8. The van der Waals surface area contributed by atoms with Gasteiger partial charge in [0.05, 0.1) is 6.61 Å². The molecule has 0 spiro atoms. The van der Waals surface area contributed by atoms with E-state index in [1.807, 2.05) is 0 Å². The summed E-state index contributed by atoms with van der Waals surface area (Å²) in [5, 5.41) is 0.554. The molecule has 0 saturated carbocycles. The topological polar surface area (TPSA) is 90.0 Å². The molecule has 7 nitrogen and oxygen atoms in total. The van der Waals surface area contributed by atoms with Gasteiger partial charge in [0.15, 0.2) is 0 Å². The summed E-state index contributed by atoms with van der Waals surface area (Å²) in [5.41, 5.74) is 0. The standard InChI is InChI=1S/C14H19NO6/c1-3-12(17)20-8-6-4-5-7-13(18)21-15-11(16)9-10(2)14(15)19/h3,10H,1,4-9H2,2H3. The van der Waals surface area contributed by atoms with Crippen molar-refractivity contribution in [3.05, 3.63) is 12.7 Å². The summed E-state index contributed by atoms with van der Waals surface area (Å²) in [6.45, 7) is 5.14. The third-order valence-corrected chi connectivity index (χ3v) is 2.96. The quantitative estimate of drug-likeness (QED) is 0.289. The molecule has 1 rings (SSSR count). The summed E-state index contributed by atoms with van der Waals surface area (Å²) in [7, 11) is 0. The molecule has 116 valence electrons. The van der Waals surface area contributed by atoms with E-state index in [4.69, 9.17) is 9.57 Å². The maximum Gasteiger partial charge on any atom is 0.333 e. The molecule has 2 amide bonds. The molecule has 1 saturated heterocycles. The molecule has 0 aromatic heterocycles. The van der Waals surface area contributed by atoms with E-state index in [0.717, 1.165) is 6.08 Å². The van der Waals surface area contributed by atoms with Crippen molar-refractivity contribution in [1.29, 1.82) is 0 Å². The van der Waals surface area contributed by atoms with Crippen molar-refractivity contribution in [1.82, 2.24) is 5.06 Å². The van der Waals surface area contributed by atoms with Crippen LogP contribution in [0.2, 0.25) is 0 Å². The van der Waals surface area contributed by atoms with Crippen LogP contribution in [-0.4, -0.2) is 35.4 Å². The molecule has 0 bridgehead atoms. The highest BCUT2D eigenvalue weighted by Gasteiger charge is 2.38. The molecule has 0 aliphatic carbocycles. The van der Waals surface area contributed by atoms with Crippen molar-refractivity contribution in [2.45, 2.75) is 39.0 Å². The number of rotatable bonds is 8. The van der Waals surface area contributed by atoms with E-state index in [-0.39, 0.29) is 19.4 Å². The van der Waals surface area contributed by atoms with E-state index in [2.05, 4.69) is 6.58 Å². The minimum absolute atomic E-state index is 0.0702. The van der Waals surface area contributed by atoms with E-state index in [9.17, 15) is 19.2 Å². The summed E-state index contributed by atoms with van der Waals surface area (Å²) in [5.74, 6) is -2.50. The summed E-state index contributed by atoms with van der Waals surface area (Å²) in [6.07, 6.45) is 3.06. The molecular weight excluding hydrogens is 278 g/mol. The maximum absolute atomic E-state index is 11.5. The summed E-state index contributed by atoms with van der Waals surface area (Å²) in [6, 6.07) is 0. The van der Waals surface area contributed by atoms with Gasteiger partial charge in [-0.15, -0.1) is 5.06 Å². The monoisotopic (exact) mass is 297 g/mol. The van der Waals surface area contributed by atoms with Crippen molar-refractivity contribution < 1.29 is 28.8 Å². The van der Waals surface area contributed by atoms with Gasteiger partial charge >= 0.3 is 11.9 Å². The highest BCUT2D eigenvalue weighted by Crippen LogP contribution is 2.19. The molecule has 21 heavy (non-hydrogen) atoms. The summed E-state index contributed by atoms with van der Waals surface area (Å²) >= 11 is 0. The van der Waals surface area contributed by atoms with Gasteiger partial charge in [0.1, 0.15) is 0 Å². The van der Waals surface area contributed by atoms with Crippen molar-refractivity contribution in [2.24, 2.45) is 5.92 Å². The highest BCUT2D eigenvalue weighted by molar-refractivity contribution is 6.02. The van der Waals surface area contributed by atoms with Gasteiger partial charge in [0.25, 0.3) is 11.8 Å². The van der Waals surface area contributed by atoms with Gasteiger partial charge in [-0.25, -0.2) is 9.59 Å². The molecule has 1 atom stereocenters. The lowest BCUT2D eigenvalue weighted by atomic mass is 10.1. The van der Waals surface area contributed by atoms with Crippen LogP contribution in [0.4, 0.5) is 0 Å². The number of nitrogens with zero attached hydrogens (tertiary/aromatic N) is 1. The average Bonchev–Trinajstić information content (AvgIpc) is 2.68. The highest BCUT2D eigenvalue weighted by atomic mass is 16.7. The first-order chi connectivity index (χ1) is 9.95. The van der Waals surface area contributed by atoms with Gasteiger partial charge in [0.2, 0.25) is 0 Å². The minimum atomic E-state index is -0.617.